The molecule has 1 atom stereocenters. The van der Waals surface area contributed by atoms with Crippen molar-refractivity contribution in [3.8, 4) is 0 Å². The maximum atomic E-state index is 12.5. The molecule has 76 valence electrons. The predicted octanol–water partition coefficient (Wildman–Crippen LogP) is 2.56. The molecule has 0 spiro atoms. The summed E-state index contributed by atoms with van der Waals surface area (Å²) in [5.74, 6) is -2.39. The molecule has 1 unspecified atom stereocenters. The van der Waals surface area contributed by atoms with E-state index in [0.717, 1.165) is 0 Å². The lowest BCUT2D eigenvalue weighted by atomic mass is 9.86. The van der Waals surface area contributed by atoms with Crippen LogP contribution in [0, 0.1) is 5.41 Å². The number of rotatable bonds is 3. The van der Waals surface area contributed by atoms with Crippen LogP contribution in [0.3, 0.4) is 0 Å². The number of halogens is 2. The lowest BCUT2D eigenvalue weighted by Crippen LogP contribution is -2.52. The van der Waals surface area contributed by atoms with Crippen LogP contribution in [0.15, 0.2) is 0 Å². The summed E-state index contributed by atoms with van der Waals surface area (Å²) in [5, 5.41) is 3.29. The van der Waals surface area contributed by atoms with E-state index in [4.69, 9.17) is 0 Å². The standard InChI is InChI=1S/C10H17F2N/c1-7(9(2)3-4-9)13-8-5-10(11,12)6-8/h7-8,13H,3-6H2,1-2H3. The van der Waals surface area contributed by atoms with E-state index in [0.29, 0.717) is 11.5 Å². The summed E-state index contributed by atoms with van der Waals surface area (Å²) in [7, 11) is 0. The molecule has 0 heterocycles. The van der Waals surface area contributed by atoms with E-state index in [1.165, 1.54) is 12.8 Å². The molecule has 2 rings (SSSR count). The Morgan fingerprint density at radius 3 is 2.23 bits per heavy atom. The molecule has 0 amide bonds. The van der Waals surface area contributed by atoms with E-state index in [9.17, 15) is 8.78 Å². The number of nitrogens with one attached hydrogen (secondary N) is 1. The molecule has 2 saturated carbocycles. The molecular weight excluding hydrogens is 172 g/mol. The van der Waals surface area contributed by atoms with Crippen molar-refractivity contribution in [3.05, 3.63) is 0 Å². The van der Waals surface area contributed by atoms with Crippen LogP contribution in [-0.2, 0) is 0 Å². The average Bonchev–Trinajstić information content (AvgIpc) is 2.65. The lowest BCUT2D eigenvalue weighted by Gasteiger charge is -2.38. The molecule has 0 aromatic heterocycles. The van der Waals surface area contributed by atoms with E-state index >= 15 is 0 Å². The van der Waals surface area contributed by atoms with Crippen LogP contribution < -0.4 is 5.32 Å². The fourth-order valence-electron chi connectivity index (χ4n) is 1.96. The third-order valence-electron chi connectivity index (χ3n) is 3.66. The smallest absolute Gasteiger partial charge is 0.251 e. The predicted molar refractivity (Wildman–Crippen MR) is 47.9 cm³/mol. The first-order chi connectivity index (χ1) is 5.91. The zero-order chi connectivity index (χ0) is 9.69. The topological polar surface area (TPSA) is 12.0 Å². The zero-order valence-corrected chi connectivity index (χ0v) is 8.24. The van der Waals surface area contributed by atoms with Gasteiger partial charge in [0.1, 0.15) is 0 Å². The van der Waals surface area contributed by atoms with Crippen molar-refractivity contribution in [3.63, 3.8) is 0 Å². The third kappa shape index (κ3) is 1.85. The molecule has 1 nitrogen and oxygen atoms in total. The Labute approximate surface area is 77.9 Å². The molecule has 2 aliphatic rings. The monoisotopic (exact) mass is 189 g/mol. The zero-order valence-electron chi connectivity index (χ0n) is 8.24. The van der Waals surface area contributed by atoms with Gasteiger partial charge in [-0.2, -0.15) is 0 Å². The summed E-state index contributed by atoms with van der Waals surface area (Å²) in [6, 6.07) is 0.455. The highest BCUT2D eigenvalue weighted by molar-refractivity contribution is 5.00. The molecule has 3 heteroatoms. The van der Waals surface area contributed by atoms with E-state index in [1.807, 2.05) is 0 Å². The van der Waals surface area contributed by atoms with Crippen molar-refractivity contribution in [1.29, 1.82) is 0 Å². The molecule has 0 saturated heterocycles. The summed E-state index contributed by atoms with van der Waals surface area (Å²) < 4.78 is 25.0. The maximum absolute atomic E-state index is 12.5. The Morgan fingerprint density at radius 1 is 1.31 bits per heavy atom. The second-order valence-electron chi connectivity index (χ2n) is 5.00. The maximum Gasteiger partial charge on any atom is 0.251 e. The molecule has 13 heavy (non-hydrogen) atoms. The SMILES string of the molecule is CC(NC1CC(F)(F)C1)C1(C)CC1. The average molecular weight is 189 g/mol. The normalized spacial score (nSPS) is 32.3. The molecule has 0 radical (unpaired) electrons. The van der Waals surface area contributed by atoms with Gasteiger partial charge in [0.15, 0.2) is 0 Å². The minimum absolute atomic E-state index is 0.0351. The first-order valence-electron chi connectivity index (χ1n) is 5.05. The first-order valence-corrected chi connectivity index (χ1v) is 5.05. The fourth-order valence-corrected chi connectivity index (χ4v) is 1.96. The van der Waals surface area contributed by atoms with E-state index in [1.54, 1.807) is 0 Å². The lowest BCUT2D eigenvalue weighted by molar-refractivity contribution is -0.0957. The van der Waals surface area contributed by atoms with Gasteiger partial charge in [-0.25, -0.2) is 8.78 Å². The highest BCUT2D eigenvalue weighted by atomic mass is 19.3. The van der Waals surface area contributed by atoms with Crippen molar-refractivity contribution < 1.29 is 8.78 Å². The van der Waals surface area contributed by atoms with Crippen molar-refractivity contribution >= 4 is 0 Å². The Morgan fingerprint density at radius 2 is 1.85 bits per heavy atom. The second-order valence-corrected chi connectivity index (χ2v) is 5.00. The Kier molecular flexibility index (Phi) is 1.92. The summed E-state index contributed by atoms with van der Waals surface area (Å²) in [4.78, 5) is 0. The number of alkyl halides is 2. The highest BCUT2D eigenvalue weighted by Crippen LogP contribution is 2.49. The second kappa shape index (κ2) is 2.66. The molecule has 0 bridgehead atoms. The van der Waals surface area contributed by atoms with Crippen molar-refractivity contribution in [2.45, 2.75) is 57.5 Å². The largest absolute Gasteiger partial charge is 0.311 e. The summed E-state index contributed by atoms with van der Waals surface area (Å²) in [6.07, 6.45) is 2.55. The Hall–Kier alpha value is -0.180. The molecule has 0 aromatic rings. The molecule has 2 aliphatic carbocycles. The van der Waals surface area contributed by atoms with Crippen LogP contribution in [0.25, 0.3) is 0 Å². The summed E-state index contributed by atoms with van der Waals surface area (Å²) in [6.45, 7) is 4.34. The van der Waals surface area contributed by atoms with Gasteiger partial charge < -0.3 is 5.32 Å². The van der Waals surface area contributed by atoms with Gasteiger partial charge in [-0.3, -0.25) is 0 Å². The van der Waals surface area contributed by atoms with Gasteiger partial charge in [-0.15, -0.1) is 0 Å². The fraction of sp³-hybridized carbons (Fsp3) is 1.00. The highest BCUT2D eigenvalue weighted by Gasteiger charge is 2.49. The number of hydrogen-bond acceptors (Lipinski definition) is 1. The van der Waals surface area contributed by atoms with Crippen LogP contribution in [0.5, 0.6) is 0 Å². The van der Waals surface area contributed by atoms with Gasteiger partial charge >= 0.3 is 0 Å². The van der Waals surface area contributed by atoms with Crippen LogP contribution in [-0.4, -0.2) is 18.0 Å². The summed E-state index contributed by atoms with van der Waals surface area (Å²) in [5.41, 5.74) is 0.394. The van der Waals surface area contributed by atoms with Crippen molar-refractivity contribution in [2.75, 3.05) is 0 Å². The molecule has 2 fully saturated rings. The quantitative estimate of drug-likeness (QED) is 0.719. The minimum atomic E-state index is -2.39. The van der Waals surface area contributed by atoms with Crippen molar-refractivity contribution in [2.24, 2.45) is 5.41 Å². The number of hydrogen-bond donors (Lipinski definition) is 1. The van der Waals surface area contributed by atoms with E-state index in [2.05, 4.69) is 19.2 Å². The summed E-state index contributed by atoms with van der Waals surface area (Å²) >= 11 is 0. The Balaban J connectivity index is 1.74. The van der Waals surface area contributed by atoms with E-state index in [-0.39, 0.29) is 18.9 Å². The van der Waals surface area contributed by atoms with Gasteiger partial charge in [-0.1, -0.05) is 6.92 Å². The van der Waals surface area contributed by atoms with Crippen LogP contribution in [0.1, 0.15) is 39.5 Å². The van der Waals surface area contributed by atoms with Gasteiger partial charge in [0.2, 0.25) is 0 Å². The van der Waals surface area contributed by atoms with Gasteiger partial charge in [0.05, 0.1) is 0 Å². The van der Waals surface area contributed by atoms with E-state index < -0.39 is 5.92 Å². The van der Waals surface area contributed by atoms with Crippen LogP contribution >= 0.6 is 0 Å². The first kappa shape index (κ1) is 9.38. The molecule has 0 aromatic carbocycles. The Bertz CT molecular complexity index is 203. The third-order valence-corrected chi connectivity index (χ3v) is 3.66. The van der Waals surface area contributed by atoms with Crippen LogP contribution in [0.2, 0.25) is 0 Å². The molecule has 0 aliphatic heterocycles. The van der Waals surface area contributed by atoms with Gasteiger partial charge in [0.25, 0.3) is 5.92 Å². The van der Waals surface area contributed by atoms with Crippen LogP contribution in [0.4, 0.5) is 8.78 Å². The minimum Gasteiger partial charge on any atom is -0.311 e. The van der Waals surface area contributed by atoms with Gasteiger partial charge in [-0.05, 0) is 25.2 Å². The van der Waals surface area contributed by atoms with Gasteiger partial charge in [0, 0.05) is 24.9 Å². The molecular formula is C10H17F2N. The molecule has 1 N–H and O–H groups in total. The van der Waals surface area contributed by atoms with Crippen molar-refractivity contribution in [1.82, 2.24) is 5.32 Å².